The predicted octanol–water partition coefficient (Wildman–Crippen LogP) is 4.01. The Labute approximate surface area is 154 Å². The Morgan fingerprint density at radius 3 is 2.64 bits per heavy atom. The number of halogens is 1. The Hall–Kier alpha value is -2.44. The van der Waals surface area contributed by atoms with Gasteiger partial charge in [-0.25, -0.2) is 4.98 Å². The fraction of sp³-hybridized carbons (Fsp3) is 0.167. The molecule has 7 heteroatoms. The van der Waals surface area contributed by atoms with E-state index in [4.69, 9.17) is 16.3 Å². The minimum atomic E-state index is -0.135. The lowest BCUT2D eigenvalue weighted by molar-refractivity contribution is 0.0954. The van der Waals surface area contributed by atoms with Gasteiger partial charge in [-0.15, -0.1) is 11.3 Å². The highest BCUT2D eigenvalue weighted by Gasteiger charge is 2.15. The van der Waals surface area contributed by atoms with Crippen molar-refractivity contribution < 1.29 is 9.53 Å². The van der Waals surface area contributed by atoms with Gasteiger partial charge in [0.25, 0.3) is 5.91 Å². The van der Waals surface area contributed by atoms with Crippen LogP contribution in [-0.4, -0.2) is 15.9 Å². The molecule has 3 aromatic rings. The zero-order valence-corrected chi connectivity index (χ0v) is 15.1. The second-order valence-corrected chi connectivity index (χ2v) is 6.82. The number of amides is 1. The number of hydrogen-bond donors (Lipinski definition) is 1. The molecule has 0 aliphatic carbocycles. The van der Waals surface area contributed by atoms with Gasteiger partial charge in [-0.2, -0.15) is 0 Å². The van der Waals surface area contributed by atoms with Gasteiger partial charge in [0.2, 0.25) is 0 Å². The van der Waals surface area contributed by atoms with Crippen molar-refractivity contribution >= 4 is 28.8 Å². The van der Waals surface area contributed by atoms with Crippen molar-refractivity contribution in [2.45, 2.75) is 20.1 Å². The molecular weight excluding hydrogens is 358 g/mol. The highest BCUT2D eigenvalue weighted by Crippen LogP contribution is 2.21. The summed E-state index contributed by atoms with van der Waals surface area (Å²) >= 11 is 7.19. The SMILES string of the molecule is Cc1nc(COc2ccc(Cl)cc2)sc1C(=O)NCc1ccncc1. The standard InChI is InChI=1S/C18H16ClN3O2S/c1-12-17(18(23)21-10-13-6-8-20-9-7-13)25-16(22-12)11-24-15-4-2-14(19)3-5-15/h2-9H,10-11H2,1H3,(H,21,23). The first kappa shape index (κ1) is 17.4. The quantitative estimate of drug-likeness (QED) is 0.709. The smallest absolute Gasteiger partial charge is 0.263 e. The van der Waals surface area contributed by atoms with Crippen LogP contribution in [0.4, 0.5) is 0 Å². The van der Waals surface area contributed by atoms with E-state index in [2.05, 4.69) is 15.3 Å². The lowest BCUT2D eigenvalue weighted by Gasteiger charge is -2.04. The van der Waals surface area contributed by atoms with E-state index in [1.54, 1.807) is 36.7 Å². The second kappa shape index (κ2) is 8.09. The lowest BCUT2D eigenvalue weighted by atomic mass is 10.2. The van der Waals surface area contributed by atoms with Crippen molar-refractivity contribution in [2.75, 3.05) is 0 Å². The van der Waals surface area contributed by atoms with Crippen molar-refractivity contribution in [3.8, 4) is 5.75 Å². The average Bonchev–Trinajstić information content (AvgIpc) is 3.01. The molecule has 2 heterocycles. The fourth-order valence-corrected chi connectivity index (χ4v) is 3.18. The van der Waals surface area contributed by atoms with Crippen molar-refractivity contribution in [1.29, 1.82) is 0 Å². The van der Waals surface area contributed by atoms with Gasteiger partial charge in [-0.05, 0) is 48.9 Å². The molecule has 1 amide bonds. The Bertz CT molecular complexity index is 851. The number of carbonyl (C=O) groups is 1. The molecule has 25 heavy (non-hydrogen) atoms. The topological polar surface area (TPSA) is 64.1 Å². The molecule has 2 aromatic heterocycles. The molecule has 0 radical (unpaired) electrons. The first-order valence-corrected chi connectivity index (χ1v) is 8.83. The van der Waals surface area contributed by atoms with E-state index in [1.807, 2.05) is 19.1 Å². The first-order chi connectivity index (χ1) is 12.1. The van der Waals surface area contributed by atoms with Gasteiger partial charge in [0.05, 0.1) is 5.69 Å². The average molecular weight is 374 g/mol. The van der Waals surface area contributed by atoms with Crippen LogP contribution < -0.4 is 10.1 Å². The Morgan fingerprint density at radius 1 is 1.20 bits per heavy atom. The van der Waals surface area contributed by atoms with Crippen molar-refractivity contribution in [2.24, 2.45) is 0 Å². The van der Waals surface area contributed by atoms with Crippen molar-refractivity contribution in [3.05, 3.63) is 75.0 Å². The first-order valence-electron chi connectivity index (χ1n) is 7.63. The highest BCUT2D eigenvalue weighted by atomic mass is 35.5. The Balaban J connectivity index is 1.59. The van der Waals surface area contributed by atoms with Crippen molar-refractivity contribution in [3.63, 3.8) is 0 Å². The maximum Gasteiger partial charge on any atom is 0.263 e. The molecule has 0 aliphatic rings. The number of nitrogens with zero attached hydrogens (tertiary/aromatic N) is 2. The highest BCUT2D eigenvalue weighted by molar-refractivity contribution is 7.13. The number of carbonyl (C=O) groups excluding carboxylic acids is 1. The molecule has 128 valence electrons. The molecule has 1 N–H and O–H groups in total. The number of rotatable bonds is 6. The number of thiazole rings is 1. The molecule has 1 aromatic carbocycles. The molecule has 0 bridgehead atoms. The molecule has 0 saturated heterocycles. The van der Waals surface area contributed by atoms with Crippen LogP contribution in [0.25, 0.3) is 0 Å². The van der Waals surface area contributed by atoms with E-state index >= 15 is 0 Å². The molecule has 0 saturated carbocycles. The number of pyridine rings is 1. The summed E-state index contributed by atoms with van der Waals surface area (Å²) in [7, 11) is 0. The van der Waals surface area contributed by atoms with E-state index in [-0.39, 0.29) is 5.91 Å². The summed E-state index contributed by atoms with van der Waals surface area (Å²) in [6, 6.07) is 10.9. The van der Waals surface area contributed by atoms with Crippen LogP contribution in [0.15, 0.2) is 48.8 Å². The molecule has 0 spiro atoms. The summed E-state index contributed by atoms with van der Waals surface area (Å²) in [6.45, 7) is 2.59. The summed E-state index contributed by atoms with van der Waals surface area (Å²) in [6.07, 6.45) is 3.40. The van der Waals surface area contributed by atoms with Crippen LogP contribution >= 0.6 is 22.9 Å². The Kier molecular flexibility index (Phi) is 5.63. The molecular formula is C18H16ClN3O2S. The van der Waals surface area contributed by atoms with Crippen LogP contribution in [0.5, 0.6) is 5.75 Å². The predicted molar refractivity (Wildman–Crippen MR) is 98.0 cm³/mol. The maximum absolute atomic E-state index is 12.4. The molecule has 0 unspecified atom stereocenters. The molecule has 0 fully saturated rings. The van der Waals surface area contributed by atoms with Gasteiger partial charge in [0.15, 0.2) is 0 Å². The third-order valence-electron chi connectivity index (χ3n) is 3.43. The zero-order valence-electron chi connectivity index (χ0n) is 13.5. The van der Waals surface area contributed by atoms with Gasteiger partial charge in [0.1, 0.15) is 22.2 Å². The van der Waals surface area contributed by atoms with Gasteiger partial charge >= 0.3 is 0 Å². The van der Waals surface area contributed by atoms with Crippen LogP contribution in [0, 0.1) is 6.92 Å². The van der Waals surface area contributed by atoms with Crippen LogP contribution in [0.1, 0.15) is 25.9 Å². The van der Waals surface area contributed by atoms with Crippen molar-refractivity contribution in [1.82, 2.24) is 15.3 Å². The van der Waals surface area contributed by atoms with Gasteiger partial charge in [-0.1, -0.05) is 11.6 Å². The summed E-state index contributed by atoms with van der Waals surface area (Å²) in [5.41, 5.74) is 1.70. The molecule has 0 atom stereocenters. The van der Waals surface area contributed by atoms with E-state index < -0.39 is 0 Å². The number of nitrogens with one attached hydrogen (secondary N) is 1. The third kappa shape index (κ3) is 4.78. The number of aromatic nitrogens is 2. The second-order valence-electron chi connectivity index (χ2n) is 5.30. The number of ether oxygens (including phenoxy) is 1. The van der Waals surface area contributed by atoms with Crippen LogP contribution in [-0.2, 0) is 13.2 Å². The van der Waals surface area contributed by atoms with Crippen LogP contribution in [0.2, 0.25) is 5.02 Å². The van der Waals surface area contributed by atoms with Crippen LogP contribution in [0.3, 0.4) is 0 Å². The number of hydrogen-bond acceptors (Lipinski definition) is 5. The van der Waals surface area contributed by atoms with Gasteiger partial charge < -0.3 is 10.1 Å². The minimum Gasteiger partial charge on any atom is -0.486 e. The fourth-order valence-electron chi connectivity index (χ4n) is 2.16. The largest absolute Gasteiger partial charge is 0.486 e. The van der Waals surface area contributed by atoms with E-state index in [0.717, 1.165) is 10.6 Å². The molecule has 0 aliphatic heterocycles. The molecule has 5 nitrogen and oxygen atoms in total. The number of aryl methyl sites for hydroxylation is 1. The maximum atomic E-state index is 12.4. The minimum absolute atomic E-state index is 0.135. The monoisotopic (exact) mass is 373 g/mol. The van der Waals surface area contributed by atoms with E-state index in [0.29, 0.717) is 34.5 Å². The summed E-state index contributed by atoms with van der Waals surface area (Å²) in [4.78, 5) is 21.3. The molecule has 3 rings (SSSR count). The zero-order chi connectivity index (χ0) is 17.6. The van der Waals surface area contributed by atoms with E-state index in [1.165, 1.54) is 11.3 Å². The normalized spacial score (nSPS) is 10.5. The summed E-state index contributed by atoms with van der Waals surface area (Å²) in [5.74, 6) is 0.575. The third-order valence-corrected chi connectivity index (χ3v) is 4.81. The lowest BCUT2D eigenvalue weighted by Crippen LogP contribution is -2.22. The summed E-state index contributed by atoms with van der Waals surface area (Å²) < 4.78 is 5.68. The van der Waals surface area contributed by atoms with E-state index in [9.17, 15) is 4.79 Å². The Morgan fingerprint density at radius 2 is 1.92 bits per heavy atom. The van der Waals surface area contributed by atoms with Gasteiger partial charge in [0, 0.05) is 24.0 Å². The summed E-state index contributed by atoms with van der Waals surface area (Å²) in [5, 5.41) is 4.31. The number of benzene rings is 1. The van der Waals surface area contributed by atoms with Gasteiger partial charge in [-0.3, -0.25) is 9.78 Å².